The molecular weight excluding hydrogens is 263 g/mol. The lowest BCUT2D eigenvalue weighted by Crippen LogP contribution is -2.30. The highest BCUT2D eigenvalue weighted by molar-refractivity contribution is 6.31. The predicted octanol–water partition coefficient (Wildman–Crippen LogP) is 3.90. The monoisotopic (exact) mass is 277 g/mol. The third-order valence-corrected chi connectivity index (χ3v) is 3.57. The molecule has 0 bridgehead atoms. The van der Waals surface area contributed by atoms with Crippen LogP contribution in [0.25, 0.3) is 0 Å². The van der Waals surface area contributed by atoms with Gasteiger partial charge in [0.15, 0.2) is 0 Å². The van der Waals surface area contributed by atoms with Crippen LogP contribution in [-0.2, 0) is 12.6 Å². The predicted molar refractivity (Wildman–Crippen MR) is 65.8 cm³/mol. The Morgan fingerprint density at radius 2 is 2.11 bits per heavy atom. The van der Waals surface area contributed by atoms with Gasteiger partial charge in [0.2, 0.25) is 0 Å². The first-order chi connectivity index (χ1) is 8.47. The second-order valence-corrected chi connectivity index (χ2v) is 5.14. The Morgan fingerprint density at radius 1 is 1.33 bits per heavy atom. The fourth-order valence-corrected chi connectivity index (χ4v) is 2.66. The molecule has 1 nitrogen and oxygen atoms in total. The summed E-state index contributed by atoms with van der Waals surface area (Å²) in [6.07, 6.45) is -1.35. The van der Waals surface area contributed by atoms with Crippen LogP contribution in [0.5, 0.6) is 0 Å². The fraction of sp³-hybridized carbons (Fsp3) is 0.538. The summed E-state index contributed by atoms with van der Waals surface area (Å²) in [7, 11) is 0. The third-order valence-electron chi connectivity index (χ3n) is 3.26. The van der Waals surface area contributed by atoms with Crippen molar-refractivity contribution in [2.24, 2.45) is 5.92 Å². The zero-order valence-corrected chi connectivity index (χ0v) is 10.6. The van der Waals surface area contributed by atoms with Crippen LogP contribution in [0.3, 0.4) is 0 Å². The van der Waals surface area contributed by atoms with Gasteiger partial charge in [-0.1, -0.05) is 17.7 Å². The molecular formula is C13H15ClF3N. The molecule has 1 unspecified atom stereocenters. The van der Waals surface area contributed by atoms with E-state index in [0.29, 0.717) is 5.92 Å². The quantitative estimate of drug-likeness (QED) is 0.864. The topological polar surface area (TPSA) is 12.0 Å². The highest BCUT2D eigenvalue weighted by Gasteiger charge is 2.33. The Bertz CT molecular complexity index is 411. The van der Waals surface area contributed by atoms with Gasteiger partial charge in [-0.2, -0.15) is 13.2 Å². The van der Waals surface area contributed by atoms with Gasteiger partial charge in [-0.05, 0) is 56.0 Å². The van der Waals surface area contributed by atoms with E-state index in [1.807, 2.05) is 0 Å². The van der Waals surface area contributed by atoms with Gasteiger partial charge in [0.1, 0.15) is 0 Å². The third kappa shape index (κ3) is 3.39. The van der Waals surface area contributed by atoms with Crippen LogP contribution in [0, 0.1) is 5.92 Å². The van der Waals surface area contributed by atoms with E-state index in [4.69, 9.17) is 11.6 Å². The van der Waals surface area contributed by atoms with E-state index in [0.717, 1.165) is 44.0 Å². The molecule has 2 rings (SSSR count). The largest absolute Gasteiger partial charge is 0.417 e. The lowest BCUT2D eigenvalue weighted by molar-refractivity contribution is -0.137. The van der Waals surface area contributed by atoms with E-state index in [-0.39, 0.29) is 5.02 Å². The van der Waals surface area contributed by atoms with Crippen molar-refractivity contribution in [1.82, 2.24) is 5.32 Å². The summed E-state index contributed by atoms with van der Waals surface area (Å²) >= 11 is 5.70. The summed E-state index contributed by atoms with van der Waals surface area (Å²) in [5.41, 5.74) is 0.122. The lowest BCUT2D eigenvalue weighted by Gasteiger charge is -2.23. The molecule has 1 aromatic carbocycles. The molecule has 0 aromatic heterocycles. The average Bonchev–Trinajstić information content (AvgIpc) is 2.28. The van der Waals surface area contributed by atoms with Crippen molar-refractivity contribution in [1.29, 1.82) is 0 Å². The summed E-state index contributed by atoms with van der Waals surface area (Å²) in [5.74, 6) is 0.492. The number of hydrogen-bond donors (Lipinski definition) is 1. The summed E-state index contributed by atoms with van der Waals surface area (Å²) in [6, 6.07) is 4.05. The van der Waals surface area contributed by atoms with Gasteiger partial charge in [-0.25, -0.2) is 0 Å². The van der Waals surface area contributed by atoms with E-state index in [1.54, 1.807) is 0 Å². The molecule has 1 aliphatic heterocycles. The summed E-state index contributed by atoms with van der Waals surface area (Å²) < 4.78 is 37.6. The van der Waals surface area contributed by atoms with Gasteiger partial charge in [0.05, 0.1) is 10.6 Å². The van der Waals surface area contributed by atoms with Crippen molar-refractivity contribution in [2.45, 2.75) is 25.4 Å². The van der Waals surface area contributed by atoms with Crippen LogP contribution in [0.2, 0.25) is 5.02 Å². The zero-order valence-electron chi connectivity index (χ0n) is 9.86. The molecule has 1 heterocycles. The van der Waals surface area contributed by atoms with Crippen LogP contribution in [0.1, 0.15) is 24.0 Å². The second kappa shape index (κ2) is 5.49. The number of nitrogens with one attached hydrogen (secondary N) is 1. The fourth-order valence-electron chi connectivity index (χ4n) is 2.35. The molecule has 18 heavy (non-hydrogen) atoms. The number of hydrogen-bond acceptors (Lipinski definition) is 1. The lowest BCUT2D eigenvalue weighted by atomic mass is 9.92. The second-order valence-electron chi connectivity index (χ2n) is 4.73. The zero-order chi connectivity index (χ0) is 13.2. The molecule has 0 saturated carbocycles. The van der Waals surface area contributed by atoms with E-state index < -0.39 is 11.7 Å². The van der Waals surface area contributed by atoms with Crippen molar-refractivity contribution in [2.75, 3.05) is 13.1 Å². The molecule has 0 spiro atoms. The summed E-state index contributed by atoms with van der Waals surface area (Å²) in [4.78, 5) is 0. The highest BCUT2D eigenvalue weighted by Crippen LogP contribution is 2.35. The van der Waals surface area contributed by atoms with Gasteiger partial charge in [-0.3, -0.25) is 0 Å². The molecule has 0 aliphatic carbocycles. The first kappa shape index (κ1) is 13.7. The maximum absolute atomic E-state index is 12.5. The van der Waals surface area contributed by atoms with Gasteiger partial charge in [-0.15, -0.1) is 0 Å². The Hall–Kier alpha value is -0.740. The van der Waals surface area contributed by atoms with Crippen molar-refractivity contribution in [3.8, 4) is 0 Å². The summed E-state index contributed by atoms with van der Waals surface area (Å²) in [6.45, 7) is 1.96. The van der Waals surface area contributed by atoms with Gasteiger partial charge in [0.25, 0.3) is 0 Å². The first-order valence-corrected chi connectivity index (χ1v) is 6.41. The molecule has 1 aliphatic rings. The maximum Gasteiger partial charge on any atom is 0.417 e. The van der Waals surface area contributed by atoms with Gasteiger partial charge >= 0.3 is 6.18 Å². The molecule has 1 fully saturated rings. The Balaban J connectivity index is 2.08. The van der Waals surface area contributed by atoms with Crippen LogP contribution in [0.4, 0.5) is 13.2 Å². The van der Waals surface area contributed by atoms with E-state index in [2.05, 4.69) is 5.32 Å². The maximum atomic E-state index is 12.5. The van der Waals surface area contributed by atoms with Crippen LogP contribution in [-0.4, -0.2) is 13.1 Å². The van der Waals surface area contributed by atoms with E-state index in [9.17, 15) is 13.2 Å². The Kier molecular flexibility index (Phi) is 4.17. The molecule has 1 atom stereocenters. The van der Waals surface area contributed by atoms with Gasteiger partial charge in [0, 0.05) is 0 Å². The minimum absolute atomic E-state index is 0.205. The van der Waals surface area contributed by atoms with E-state index in [1.165, 1.54) is 12.1 Å². The normalized spacial score (nSPS) is 21.0. The van der Waals surface area contributed by atoms with Gasteiger partial charge < -0.3 is 5.32 Å². The Morgan fingerprint density at radius 3 is 2.67 bits per heavy atom. The SMILES string of the molecule is FC(F)(F)c1ccc(CC2CCCNC2)cc1Cl. The molecule has 0 amide bonds. The molecule has 100 valence electrons. The highest BCUT2D eigenvalue weighted by atomic mass is 35.5. The van der Waals surface area contributed by atoms with Crippen molar-refractivity contribution < 1.29 is 13.2 Å². The Labute approximate surface area is 109 Å². The van der Waals surface area contributed by atoms with Crippen molar-refractivity contribution in [3.63, 3.8) is 0 Å². The molecule has 1 N–H and O–H groups in total. The van der Waals surface area contributed by atoms with Crippen LogP contribution in [0.15, 0.2) is 18.2 Å². The number of halogens is 4. The number of alkyl halides is 3. The number of piperidine rings is 1. The number of benzene rings is 1. The minimum atomic E-state index is -4.37. The minimum Gasteiger partial charge on any atom is -0.316 e. The molecule has 5 heteroatoms. The number of rotatable bonds is 2. The van der Waals surface area contributed by atoms with Crippen LogP contribution < -0.4 is 5.32 Å². The molecule has 0 radical (unpaired) electrons. The van der Waals surface area contributed by atoms with Crippen LogP contribution >= 0.6 is 11.6 Å². The molecule has 1 saturated heterocycles. The summed E-state index contributed by atoms with van der Waals surface area (Å²) in [5, 5.41) is 3.09. The smallest absolute Gasteiger partial charge is 0.316 e. The first-order valence-electron chi connectivity index (χ1n) is 6.03. The van der Waals surface area contributed by atoms with Crippen molar-refractivity contribution in [3.05, 3.63) is 34.3 Å². The van der Waals surface area contributed by atoms with E-state index >= 15 is 0 Å². The average molecular weight is 278 g/mol. The standard InChI is InChI=1S/C13H15ClF3N/c14-12-7-9(3-4-11(12)13(15,16)17)6-10-2-1-5-18-8-10/h3-4,7,10,18H,1-2,5-6,8H2. The van der Waals surface area contributed by atoms with Crippen molar-refractivity contribution >= 4 is 11.6 Å². The molecule has 1 aromatic rings.